The Bertz CT molecular complexity index is 295. The molecular weight excluding hydrogens is 164 g/mol. The van der Waals surface area contributed by atoms with Gasteiger partial charge in [0.15, 0.2) is 0 Å². The van der Waals surface area contributed by atoms with E-state index in [4.69, 9.17) is 4.18 Å². The molecule has 1 saturated heterocycles. The topological polar surface area (TPSA) is 43.4 Å². The SMILES string of the molecule is O=S1(=O)OC2C[C@@H]3CC[C@H]2C31. The molecule has 0 radical (unpaired) electrons. The molecular formula is C7H10O3S. The van der Waals surface area contributed by atoms with Crippen LogP contribution in [-0.2, 0) is 14.3 Å². The van der Waals surface area contributed by atoms with E-state index >= 15 is 0 Å². The summed E-state index contributed by atoms with van der Waals surface area (Å²) in [5.74, 6) is 0.786. The zero-order valence-electron chi connectivity index (χ0n) is 6.06. The van der Waals surface area contributed by atoms with Crippen molar-refractivity contribution in [3.63, 3.8) is 0 Å². The minimum absolute atomic E-state index is 0.0590. The predicted molar refractivity (Wildman–Crippen MR) is 38.4 cm³/mol. The van der Waals surface area contributed by atoms with Crippen molar-refractivity contribution in [3.8, 4) is 0 Å². The van der Waals surface area contributed by atoms with Gasteiger partial charge in [-0.25, -0.2) is 0 Å². The second kappa shape index (κ2) is 1.64. The van der Waals surface area contributed by atoms with Crippen LogP contribution in [0.1, 0.15) is 19.3 Å². The quantitative estimate of drug-likeness (QED) is 0.503. The molecule has 0 aromatic heterocycles. The predicted octanol–water partition coefficient (Wildman–Crippen LogP) is 0.514. The molecule has 3 fully saturated rings. The maximum absolute atomic E-state index is 11.3. The first-order valence-corrected chi connectivity index (χ1v) is 5.58. The Labute approximate surface area is 65.9 Å². The molecule has 2 aliphatic carbocycles. The summed E-state index contributed by atoms with van der Waals surface area (Å²) in [6.45, 7) is 0. The van der Waals surface area contributed by atoms with E-state index in [0.717, 1.165) is 19.3 Å². The highest BCUT2D eigenvalue weighted by molar-refractivity contribution is 7.87. The van der Waals surface area contributed by atoms with E-state index in [-0.39, 0.29) is 11.4 Å². The smallest absolute Gasteiger partial charge is 0.266 e. The van der Waals surface area contributed by atoms with Gasteiger partial charge in [0.25, 0.3) is 10.1 Å². The van der Waals surface area contributed by atoms with Crippen LogP contribution < -0.4 is 0 Å². The average molecular weight is 174 g/mol. The fourth-order valence-corrected chi connectivity index (χ4v) is 5.16. The lowest BCUT2D eigenvalue weighted by Gasteiger charge is -2.20. The number of rotatable bonds is 0. The fourth-order valence-electron chi connectivity index (χ4n) is 3.00. The van der Waals surface area contributed by atoms with Crippen molar-refractivity contribution in [2.24, 2.45) is 11.8 Å². The lowest BCUT2D eigenvalue weighted by molar-refractivity contribution is 0.160. The number of hydrogen-bond donors (Lipinski definition) is 0. The van der Waals surface area contributed by atoms with Crippen LogP contribution in [0.25, 0.3) is 0 Å². The molecule has 4 bridgehead atoms. The van der Waals surface area contributed by atoms with Gasteiger partial charge in [-0.1, -0.05) is 0 Å². The highest BCUT2D eigenvalue weighted by atomic mass is 32.2. The summed E-state index contributed by atoms with van der Waals surface area (Å²) in [6, 6.07) is 0. The second-order valence-electron chi connectivity index (χ2n) is 3.83. The van der Waals surface area contributed by atoms with Crippen molar-refractivity contribution in [2.45, 2.75) is 30.6 Å². The van der Waals surface area contributed by atoms with Crippen LogP contribution in [0.2, 0.25) is 0 Å². The molecule has 0 aromatic rings. The highest BCUT2D eigenvalue weighted by Crippen LogP contribution is 2.55. The Hall–Kier alpha value is -0.0900. The molecule has 62 valence electrons. The summed E-state index contributed by atoms with van der Waals surface area (Å²) in [5.41, 5.74) is 0. The van der Waals surface area contributed by atoms with Crippen molar-refractivity contribution < 1.29 is 12.6 Å². The molecule has 0 aromatic carbocycles. The van der Waals surface area contributed by atoms with Gasteiger partial charge in [0.2, 0.25) is 0 Å². The molecule has 2 saturated carbocycles. The third-order valence-corrected chi connectivity index (χ3v) is 5.28. The molecule has 4 heteroatoms. The highest BCUT2D eigenvalue weighted by Gasteiger charge is 2.61. The van der Waals surface area contributed by atoms with Crippen LogP contribution >= 0.6 is 0 Å². The van der Waals surface area contributed by atoms with Gasteiger partial charge in [-0.3, -0.25) is 4.18 Å². The minimum atomic E-state index is -3.12. The first-order chi connectivity index (χ1) is 5.18. The Morgan fingerprint density at radius 2 is 2.09 bits per heavy atom. The maximum Gasteiger partial charge on any atom is 0.271 e. The normalized spacial score (nSPS) is 57.1. The Morgan fingerprint density at radius 1 is 1.27 bits per heavy atom. The van der Waals surface area contributed by atoms with Crippen LogP contribution in [0.5, 0.6) is 0 Å². The molecule has 3 aliphatic rings. The Kier molecular flexibility index (Phi) is 0.958. The molecule has 1 aliphatic heterocycles. The van der Waals surface area contributed by atoms with Crippen molar-refractivity contribution in [1.82, 2.24) is 0 Å². The van der Waals surface area contributed by atoms with E-state index in [1.165, 1.54) is 0 Å². The van der Waals surface area contributed by atoms with Crippen LogP contribution in [0, 0.1) is 11.8 Å². The monoisotopic (exact) mass is 174 g/mol. The minimum Gasteiger partial charge on any atom is -0.266 e. The van der Waals surface area contributed by atoms with Crippen LogP contribution in [0.15, 0.2) is 0 Å². The van der Waals surface area contributed by atoms with Gasteiger partial charge in [-0.2, -0.15) is 8.42 Å². The zero-order valence-corrected chi connectivity index (χ0v) is 6.88. The molecule has 1 heterocycles. The van der Waals surface area contributed by atoms with Gasteiger partial charge in [-0.15, -0.1) is 0 Å². The summed E-state index contributed by atoms with van der Waals surface area (Å²) >= 11 is 0. The molecule has 0 spiro atoms. The average Bonchev–Trinajstić information content (AvgIpc) is 2.46. The van der Waals surface area contributed by atoms with Gasteiger partial charge >= 0.3 is 0 Å². The summed E-state index contributed by atoms with van der Waals surface area (Å²) in [6.07, 6.45) is 3.23. The van der Waals surface area contributed by atoms with E-state index in [9.17, 15) is 8.42 Å². The van der Waals surface area contributed by atoms with E-state index in [1.807, 2.05) is 0 Å². The summed E-state index contributed by atoms with van der Waals surface area (Å²) in [4.78, 5) is 0. The van der Waals surface area contributed by atoms with E-state index in [1.54, 1.807) is 0 Å². The van der Waals surface area contributed by atoms with Crippen molar-refractivity contribution in [3.05, 3.63) is 0 Å². The van der Waals surface area contributed by atoms with Gasteiger partial charge < -0.3 is 0 Å². The third kappa shape index (κ3) is 0.609. The summed E-state index contributed by atoms with van der Waals surface area (Å²) in [5, 5.41) is -0.118. The van der Waals surface area contributed by atoms with Gasteiger partial charge in [0.05, 0.1) is 11.4 Å². The largest absolute Gasteiger partial charge is 0.271 e. The Balaban J connectivity index is 2.15. The van der Waals surface area contributed by atoms with E-state index in [2.05, 4.69) is 0 Å². The van der Waals surface area contributed by atoms with E-state index in [0.29, 0.717) is 11.8 Å². The summed E-state index contributed by atoms with van der Waals surface area (Å²) < 4.78 is 27.5. The molecule has 3 nitrogen and oxygen atoms in total. The summed E-state index contributed by atoms with van der Waals surface area (Å²) in [7, 11) is -3.12. The molecule has 11 heavy (non-hydrogen) atoms. The zero-order chi connectivity index (χ0) is 7.64. The first-order valence-electron chi connectivity index (χ1n) is 4.10. The lowest BCUT2D eigenvalue weighted by atomic mass is 9.98. The van der Waals surface area contributed by atoms with Crippen molar-refractivity contribution in [1.29, 1.82) is 0 Å². The van der Waals surface area contributed by atoms with Crippen molar-refractivity contribution >= 4 is 10.1 Å². The molecule has 2 unspecified atom stereocenters. The fraction of sp³-hybridized carbons (Fsp3) is 1.00. The molecule has 0 amide bonds. The van der Waals surface area contributed by atoms with Crippen LogP contribution in [-0.4, -0.2) is 19.8 Å². The maximum atomic E-state index is 11.3. The Morgan fingerprint density at radius 3 is 2.64 bits per heavy atom. The van der Waals surface area contributed by atoms with Gasteiger partial charge in [-0.05, 0) is 25.2 Å². The standard InChI is InChI=1S/C7H10O3S/c8-11(9)7-4-1-2-5(7)6(3-4)10-11/h4-7H,1-3H2/t4-,5+,6?,7?/m0/s1. The van der Waals surface area contributed by atoms with Crippen molar-refractivity contribution in [2.75, 3.05) is 0 Å². The first kappa shape index (κ1) is 6.43. The van der Waals surface area contributed by atoms with Crippen LogP contribution in [0.3, 0.4) is 0 Å². The van der Waals surface area contributed by atoms with Gasteiger partial charge in [0, 0.05) is 5.92 Å². The van der Waals surface area contributed by atoms with E-state index < -0.39 is 10.1 Å². The third-order valence-electron chi connectivity index (χ3n) is 3.36. The number of hydrogen-bond acceptors (Lipinski definition) is 3. The second-order valence-corrected chi connectivity index (χ2v) is 5.55. The lowest BCUT2D eigenvalue weighted by Crippen LogP contribution is -2.25. The molecule has 4 atom stereocenters. The van der Waals surface area contributed by atoms with Crippen LogP contribution in [0.4, 0.5) is 0 Å². The molecule has 0 N–H and O–H groups in total. The van der Waals surface area contributed by atoms with Gasteiger partial charge in [0.1, 0.15) is 0 Å². The molecule has 3 rings (SSSR count).